The zero-order chi connectivity index (χ0) is 15.8. The van der Waals surface area contributed by atoms with Crippen LogP contribution in [0.15, 0.2) is 18.2 Å². The molecule has 1 saturated carbocycles. The molecule has 0 bridgehead atoms. The van der Waals surface area contributed by atoms with Crippen molar-refractivity contribution in [2.75, 3.05) is 17.7 Å². The second-order valence-electron chi connectivity index (χ2n) is 5.26. The molecule has 0 unspecified atom stereocenters. The van der Waals surface area contributed by atoms with Crippen molar-refractivity contribution in [2.45, 2.75) is 24.6 Å². The average Bonchev–Trinajstić information content (AvgIpc) is 2.91. The maximum atomic E-state index is 12.2. The maximum absolute atomic E-state index is 12.2. The molecule has 1 aromatic carbocycles. The van der Waals surface area contributed by atoms with Crippen LogP contribution < -0.4 is 15.4 Å². The second-order valence-corrected chi connectivity index (χ2v) is 6.75. The van der Waals surface area contributed by atoms with Gasteiger partial charge in [-0.05, 0) is 25.5 Å². The molecule has 5 nitrogen and oxygen atoms in total. The van der Waals surface area contributed by atoms with Gasteiger partial charge in [-0.2, -0.15) is 0 Å². The minimum atomic E-state index is -1.02. The van der Waals surface area contributed by atoms with E-state index in [2.05, 4.69) is 10.6 Å². The fourth-order valence-electron chi connectivity index (χ4n) is 1.98. The number of benzene rings is 1. The molecule has 1 aliphatic rings. The third kappa shape index (κ3) is 3.09. The van der Waals surface area contributed by atoms with Gasteiger partial charge in [0.15, 0.2) is 0 Å². The summed E-state index contributed by atoms with van der Waals surface area (Å²) in [5.74, 6) is -0.00145. The smallest absolute Gasteiger partial charge is 0.233 e. The van der Waals surface area contributed by atoms with Gasteiger partial charge in [0.05, 0.1) is 18.2 Å². The highest BCUT2D eigenvalue weighted by atomic mass is 35.5. The Kier molecular flexibility index (Phi) is 4.08. The molecule has 2 N–H and O–H groups in total. The van der Waals surface area contributed by atoms with E-state index in [1.54, 1.807) is 25.1 Å². The van der Waals surface area contributed by atoms with Crippen LogP contribution in [0.4, 0.5) is 11.4 Å². The Balaban J connectivity index is 2.15. The number of halogens is 2. The van der Waals surface area contributed by atoms with Gasteiger partial charge in [-0.25, -0.2) is 0 Å². The van der Waals surface area contributed by atoms with E-state index in [9.17, 15) is 9.59 Å². The lowest BCUT2D eigenvalue weighted by atomic mass is 10.1. The van der Waals surface area contributed by atoms with Crippen LogP contribution in [0.1, 0.15) is 20.3 Å². The van der Waals surface area contributed by atoms with Crippen LogP contribution in [0.25, 0.3) is 0 Å². The number of amides is 2. The predicted molar refractivity (Wildman–Crippen MR) is 83.1 cm³/mol. The second kappa shape index (κ2) is 5.39. The first-order valence-corrected chi connectivity index (χ1v) is 7.10. The lowest BCUT2D eigenvalue weighted by Gasteiger charge is -2.15. The quantitative estimate of drug-likeness (QED) is 0.833. The summed E-state index contributed by atoms with van der Waals surface area (Å²) in [5.41, 5.74) is 0.285. The van der Waals surface area contributed by atoms with Crippen molar-refractivity contribution in [1.82, 2.24) is 0 Å². The number of carbonyl (C=O) groups excluding carboxylic acids is 2. The number of carbonyl (C=O) groups is 2. The number of hydrogen-bond acceptors (Lipinski definition) is 3. The highest BCUT2D eigenvalue weighted by Crippen LogP contribution is 2.64. The molecule has 0 aliphatic heterocycles. The van der Waals surface area contributed by atoms with Gasteiger partial charge in [0.25, 0.3) is 0 Å². The Morgan fingerprint density at radius 1 is 1.29 bits per heavy atom. The lowest BCUT2D eigenvalue weighted by molar-refractivity contribution is -0.120. The molecule has 21 heavy (non-hydrogen) atoms. The lowest BCUT2D eigenvalue weighted by Crippen LogP contribution is -2.25. The summed E-state index contributed by atoms with van der Waals surface area (Å²) < 4.78 is 4.18. The van der Waals surface area contributed by atoms with Crippen molar-refractivity contribution in [2.24, 2.45) is 5.41 Å². The van der Waals surface area contributed by atoms with Crippen LogP contribution >= 0.6 is 23.2 Å². The van der Waals surface area contributed by atoms with Crippen molar-refractivity contribution in [3.05, 3.63) is 18.2 Å². The number of methoxy groups -OCH3 is 1. The van der Waals surface area contributed by atoms with E-state index < -0.39 is 9.75 Å². The minimum Gasteiger partial charge on any atom is -0.494 e. The Labute approximate surface area is 132 Å². The first-order valence-electron chi connectivity index (χ1n) is 6.34. The van der Waals surface area contributed by atoms with Gasteiger partial charge in [-0.3, -0.25) is 9.59 Å². The van der Waals surface area contributed by atoms with E-state index in [1.165, 1.54) is 14.0 Å². The van der Waals surface area contributed by atoms with Crippen molar-refractivity contribution < 1.29 is 14.3 Å². The molecule has 2 amide bonds. The number of anilines is 2. The number of ether oxygens (including phenoxy) is 1. The summed E-state index contributed by atoms with van der Waals surface area (Å²) in [4.78, 5) is 23.3. The summed E-state index contributed by atoms with van der Waals surface area (Å²) in [5, 5.41) is 5.40. The molecule has 0 heterocycles. The largest absolute Gasteiger partial charge is 0.494 e. The monoisotopic (exact) mass is 330 g/mol. The third-order valence-electron chi connectivity index (χ3n) is 3.53. The van der Waals surface area contributed by atoms with Crippen molar-refractivity contribution >= 4 is 46.4 Å². The molecule has 1 fully saturated rings. The zero-order valence-corrected chi connectivity index (χ0v) is 13.4. The summed E-state index contributed by atoms with van der Waals surface area (Å²) in [7, 11) is 1.48. The van der Waals surface area contributed by atoms with Gasteiger partial charge in [0.2, 0.25) is 11.8 Å². The fraction of sp³-hybridized carbons (Fsp3) is 0.429. The van der Waals surface area contributed by atoms with Gasteiger partial charge in [-0.1, -0.05) is 0 Å². The molecule has 2 rings (SSSR count). The minimum absolute atomic E-state index is 0.204. The van der Waals surface area contributed by atoms with Gasteiger partial charge in [-0.15, -0.1) is 23.2 Å². The van der Waals surface area contributed by atoms with Crippen LogP contribution in [0.2, 0.25) is 0 Å². The van der Waals surface area contributed by atoms with E-state index in [0.29, 0.717) is 23.5 Å². The third-order valence-corrected chi connectivity index (χ3v) is 4.63. The zero-order valence-electron chi connectivity index (χ0n) is 11.9. The SMILES string of the molecule is COc1cc(NC(=O)[C@@]2(C)CC2(Cl)Cl)ccc1NC(C)=O. The van der Waals surface area contributed by atoms with Gasteiger partial charge in [0.1, 0.15) is 10.1 Å². The molecule has 0 saturated heterocycles. The van der Waals surface area contributed by atoms with Crippen LogP contribution in [-0.2, 0) is 9.59 Å². The standard InChI is InChI=1S/C14H16Cl2N2O3/c1-8(19)17-10-5-4-9(6-11(10)21-3)18-12(20)13(2)7-14(13,15)16/h4-6H,7H2,1-3H3,(H,17,19)(H,18,20)/t13-/m1/s1. The van der Waals surface area contributed by atoms with Crippen molar-refractivity contribution in [3.63, 3.8) is 0 Å². The highest BCUT2D eigenvalue weighted by Gasteiger charge is 2.67. The molecular formula is C14H16Cl2N2O3. The first kappa shape index (κ1) is 15.9. The number of rotatable bonds is 4. The first-order chi connectivity index (χ1) is 9.69. The Morgan fingerprint density at radius 2 is 1.90 bits per heavy atom. The summed E-state index contributed by atoms with van der Waals surface area (Å²) >= 11 is 12.0. The van der Waals surface area contributed by atoms with Gasteiger partial charge >= 0.3 is 0 Å². The summed E-state index contributed by atoms with van der Waals surface area (Å²) in [6.07, 6.45) is 0.413. The van der Waals surface area contributed by atoms with E-state index in [4.69, 9.17) is 27.9 Å². The highest BCUT2D eigenvalue weighted by molar-refractivity contribution is 6.53. The molecule has 1 aliphatic carbocycles. The number of hydrogen-bond donors (Lipinski definition) is 2. The summed E-state index contributed by atoms with van der Waals surface area (Å²) in [6, 6.07) is 4.94. The number of nitrogens with one attached hydrogen (secondary N) is 2. The van der Waals surface area contributed by atoms with Crippen LogP contribution in [0.5, 0.6) is 5.75 Å². The molecule has 114 valence electrons. The topological polar surface area (TPSA) is 67.4 Å². The van der Waals surface area contributed by atoms with Crippen LogP contribution in [-0.4, -0.2) is 23.3 Å². The van der Waals surface area contributed by atoms with E-state index in [-0.39, 0.29) is 11.8 Å². The Morgan fingerprint density at radius 3 is 2.38 bits per heavy atom. The molecule has 0 aromatic heterocycles. The molecule has 0 radical (unpaired) electrons. The van der Waals surface area contributed by atoms with Crippen LogP contribution in [0, 0.1) is 5.41 Å². The van der Waals surface area contributed by atoms with E-state index in [0.717, 1.165) is 0 Å². The normalized spacial score (nSPS) is 22.3. The molecule has 7 heteroatoms. The molecular weight excluding hydrogens is 315 g/mol. The predicted octanol–water partition coefficient (Wildman–Crippen LogP) is 3.18. The Hall–Kier alpha value is -1.46. The average molecular weight is 331 g/mol. The molecule has 1 aromatic rings. The van der Waals surface area contributed by atoms with Crippen molar-refractivity contribution in [1.29, 1.82) is 0 Å². The van der Waals surface area contributed by atoms with Crippen molar-refractivity contribution in [3.8, 4) is 5.75 Å². The maximum Gasteiger partial charge on any atom is 0.233 e. The number of alkyl halides is 2. The molecule has 1 atom stereocenters. The summed E-state index contributed by atoms with van der Waals surface area (Å²) in [6.45, 7) is 3.12. The fourth-order valence-corrected chi connectivity index (χ4v) is 2.68. The van der Waals surface area contributed by atoms with Gasteiger partial charge in [0, 0.05) is 18.7 Å². The van der Waals surface area contributed by atoms with Crippen LogP contribution in [0.3, 0.4) is 0 Å². The Bertz CT molecular complexity index is 604. The van der Waals surface area contributed by atoms with E-state index >= 15 is 0 Å². The van der Waals surface area contributed by atoms with Gasteiger partial charge < -0.3 is 15.4 Å². The molecule has 0 spiro atoms. The van der Waals surface area contributed by atoms with E-state index in [1.807, 2.05) is 0 Å².